The van der Waals surface area contributed by atoms with Gasteiger partial charge in [0.25, 0.3) is 0 Å². The molecule has 1 aromatic carbocycles. The fourth-order valence-corrected chi connectivity index (χ4v) is 4.89. The highest BCUT2D eigenvalue weighted by atomic mass is 32.3. The number of benzene rings is 1. The molecule has 0 saturated carbocycles. The second-order valence-electron chi connectivity index (χ2n) is 5.29. The molecule has 1 aliphatic heterocycles. The van der Waals surface area contributed by atoms with Gasteiger partial charge in [0.15, 0.2) is 17.2 Å². The van der Waals surface area contributed by atoms with Crippen molar-refractivity contribution in [2.75, 3.05) is 0 Å². The van der Waals surface area contributed by atoms with Gasteiger partial charge in [-0.2, -0.15) is 26.3 Å². The summed E-state index contributed by atoms with van der Waals surface area (Å²) in [4.78, 5) is 10.4. The summed E-state index contributed by atoms with van der Waals surface area (Å²) < 4.78 is 101. The molecule has 14 heteroatoms. The van der Waals surface area contributed by atoms with E-state index < -0.39 is 55.2 Å². The third kappa shape index (κ3) is 4.07. The van der Waals surface area contributed by atoms with Crippen molar-refractivity contribution >= 4 is 22.0 Å². The zero-order valence-electron chi connectivity index (χ0n) is 13.8. The maximum Gasteiger partial charge on any atom is 0.512 e. The second-order valence-corrected chi connectivity index (χ2v) is 8.31. The van der Waals surface area contributed by atoms with Gasteiger partial charge in [-0.25, -0.2) is 8.42 Å². The number of nitrogens with zero attached hydrogens (tertiary/aromatic N) is 2. The molecule has 0 bridgehead atoms. The second kappa shape index (κ2) is 7.22. The largest absolute Gasteiger partial charge is 0.512 e. The molecule has 154 valence electrons. The normalized spacial score (nSPS) is 16.2. The molecule has 0 amide bonds. The summed E-state index contributed by atoms with van der Waals surface area (Å²) in [6.45, 7) is 2.43. The van der Waals surface area contributed by atoms with Crippen molar-refractivity contribution in [3.63, 3.8) is 0 Å². The first-order valence-electron chi connectivity index (χ1n) is 7.41. The average Bonchev–Trinajstić information content (AvgIpc) is 2.97. The zero-order valence-corrected chi connectivity index (χ0v) is 15.5. The van der Waals surface area contributed by atoms with Gasteiger partial charge in [-0.05, 0) is 25.0 Å². The highest BCUT2D eigenvalue weighted by Gasteiger charge is 2.63. The molecule has 0 radical (unpaired) electrons. The molecule has 0 fully saturated rings. The van der Waals surface area contributed by atoms with E-state index in [0.717, 1.165) is 0 Å². The molecule has 1 aliphatic rings. The smallest absolute Gasteiger partial charge is 0.365 e. The summed E-state index contributed by atoms with van der Waals surface area (Å²) in [6, 6.07) is 5.73. The Morgan fingerprint density at radius 2 is 1.44 bits per heavy atom. The van der Waals surface area contributed by atoms with Crippen molar-refractivity contribution in [3.8, 4) is 11.5 Å². The van der Waals surface area contributed by atoms with Crippen molar-refractivity contribution in [2.24, 2.45) is 0 Å². The molecular formula is C13H14F6N2O4S2. The highest BCUT2D eigenvalue weighted by Crippen LogP contribution is 2.49. The molecule has 1 aromatic rings. The molecule has 0 aliphatic carbocycles. The summed E-state index contributed by atoms with van der Waals surface area (Å²) in [5.41, 5.74) is -13.7. The van der Waals surface area contributed by atoms with Crippen LogP contribution in [0.25, 0.3) is 0 Å². The molecule has 0 unspecified atom stereocenters. The minimum Gasteiger partial charge on any atom is -0.365 e. The number of halogens is 6. The minimum absolute atomic E-state index is 0.0186. The van der Waals surface area contributed by atoms with Gasteiger partial charge in [-0.15, -0.1) is 3.71 Å². The van der Waals surface area contributed by atoms with Crippen LogP contribution in [0.4, 0.5) is 26.3 Å². The Hall–Kier alpha value is -1.38. The van der Waals surface area contributed by atoms with Gasteiger partial charge < -0.3 is 9.68 Å². The fraction of sp³-hybridized carbons (Fsp3) is 0.538. The molecule has 27 heavy (non-hydrogen) atoms. The van der Waals surface area contributed by atoms with Crippen LogP contribution >= 0.6 is 11.9 Å². The minimum atomic E-state index is -6.40. The molecule has 1 heterocycles. The van der Waals surface area contributed by atoms with Crippen LogP contribution in [0, 0.1) is 0 Å². The highest BCUT2D eigenvalue weighted by molar-refractivity contribution is 8.09. The van der Waals surface area contributed by atoms with E-state index in [4.69, 9.17) is 9.68 Å². The van der Waals surface area contributed by atoms with Crippen LogP contribution in [0.5, 0.6) is 11.5 Å². The van der Waals surface area contributed by atoms with Crippen LogP contribution in [0.2, 0.25) is 0 Å². The van der Waals surface area contributed by atoms with Crippen molar-refractivity contribution < 1.29 is 44.4 Å². The van der Waals surface area contributed by atoms with Gasteiger partial charge in [0.05, 0.1) is 17.2 Å². The van der Waals surface area contributed by atoms with Crippen LogP contribution < -0.4 is 9.68 Å². The van der Waals surface area contributed by atoms with Gasteiger partial charge in [-0.3, -0.25) is 0 Å². The lowest BCUT2D eigenvalue weighted by molar-refractivity contribution is -0.311. The van der Waals surface area contributed by atoms with E-state index in [1.54, 1.807) is 0 Å². The number of hydroxylamine groups is 2. The number of fused-ring (bicyclic) bond motifs is 1. The van der Waals surface area contributed by atoms with E-state index in [1.807, 2.05) is 0 Å². The third-order valence-corrected chi connectivity index (χ3v) is 6.61. The first kappa shape index (κ1) is 21.9. The molecule has 0 saturated heterocycles. The summed E-state index contributed by atoms with van der Waals surface area (Å²) in [5, 5.41) is 0.361. The topological polar surface area (TPSA) is 59.1 Å². The predicted octanol–water partition coefficient (Wildman–Crippen LogP) is 4.43. The van der Waals surface area contributed by atoms with E-state index in [0.29, 0.717) is 5.23 Å². The Kier molecular flexibility index (Phi) is 5.86. The molecule has 0 aromatic heterocycles. The van der Waals surface area contributed by atoms with Crippen molar-refractivity contribution in [3.05, 3.63) is 24.3 Å². The monoisotopic (exact) mass is 440 g/mol. The summed E-state index contributed by atoms with van der Waals surface area (Å²) >= 11 is -1.42. The fourth-order valence-electron chi connectivity index (χ4n) is 2.35. The molecule has 6 nitrogen and oxygen atoms in total. The summed E-state index contributed by atoms with van der Waals surface area (Å²) in [6.07, 6.45) is -1.01. The van der Waals surface area contributed by atoms with Crippen molar-refractivity contribution in [1.82, 2.24) is 8.94 Å². The van der Waals surface area contributed by atoms with E-state index in [1.165, 1.54) is 38.1 Å². The SMILES string of the molecule is CCC(CC)(N1Oc2ccccc2O1)N(SC(F)(F)F)S(=O)(=O)C(F)(F)F. The number of rotatable bonds is 6. The number of para-hydroxylation sites is 2. The van der Waals surface area contributed by atoms with Crippen molar-refractivity contribution in [1.29, 1.82) is 0 Å². The summed E-state index contributed by atoms with van der Waals surface area (Å²) in [5.74, 6) is 0.0373. The van der Waals surface area contributed by atoms with Gasteiger partial charge in [0.2, 0.25) is 0 Å². The predicted molar refractivity (Wildman–Crippen MR) is 83.3 cm³/mol. The first-order valence-corrected chi connectivity index (χ1v) is 9.62. The number of hydrogen-bond acceptors (Lipinski definition) is 6. The maximum absolute atomic E-state index is 13.1. The quantitative estimate of drug-likeness (QED) is 0.482. The van der Waals surface area contributed by atoms with Crippen LogP contribution in [0.15, 0.2) is 24.3 Å². The average molecular weight is 440 g/mol. The van der Waals surface area contributed by atoms with Gasteiger partial charge in [0.1, 0.15) is 0 Å². The van der Waals surface area contributed by atoms with Gasteiger partial charge in [-0.1, -0.05) is 26.0 Å². The third-order valence-electron chi connectivity index (χ3n) is 3.72. The Morgan fingerprint density at radius 1 is 1.00 bits per heavy atom. The van der Waals surface area contributed by atoms with Gasteiger partial charge >= 0.3 is 21.0 Å². The zero-order chi connectivity index (χ0) is 20.7. The Bertz CT molecular complexity index is 755. The molecule has 2 rings (SSSR count). The van der Waals surface area contributed by atoms with Gasteiger partial charge in [0, 0.05) is 0 Å². The Balaban J connectivity index is 2.57. The molecule has 0 N–H and O–H groups in total. The van der Waals surface area contributed by atoms with Crippen LogP contribution in [0.3, 0.4) is 0 Å². The number of alkyl halides is 6. The van der Waals surface area contributed by atoms with Crippen LogP contribution in [0.1, 0.15) is 26.7 Å². The standard InChI is InChI=1S/C13H14F6N2O4S2/c1-3-11(4-2,20-24-9-7-5-6-8-10(9)25-20)21(26-12(14,15)16)27(22,23)13(17,18)19/h5-8H,3-4H2,1-2H3. The van der Waals surface area contributed by atoms with Crippen LogP contribution in [-0.2, 0) is 10.0 Å². The van der Waals surface area contributed by atoms with Crippen molar-refractivity contribution in [2.45, 2.75) is 43.4 Å². The maximum atomic E-state index is 13.1. The van der Waals surface area contributed by atoms with E-state index in [9.17, 15) is 34.8 Å². The molecular weight excluding hydrogens is 426 g/mol. The van der Waals surface area contributed by atoms with E-state index in [-0.39, 0.29) is 11.5 Å². The Morgan fingerprint density at radius 3 is 1.78 bits per heavy atom. The molecule has 0 atom stereocenters. The lowest BCUT2D eigenvalue weighted by atomic mass is 10.1. The lowest BCUT2D eigenvalue weighted by Crippen LogP contribution is -2.62. The van der Waals surface area contributed by atoms with Crippen LogP contribution in [-0.4, -0.2) is 34.0 Å². The lowest BCUT2D eigenvalue weighted by Gasteiger charge is -2.43. The van der Waals surface area contributed by atoms with E-state index >= 15 is 0 Å². The van der Waals surface area contributed by atoms with E-state index in [2.05, 4.69) is 0 Å². The summed E-state index contributed by atoms with van der Waals surface area (Å²) in [7, 11) is -6.40. The Labute approximate surface area is 155 Å². The number of hydrogen-bond donors (Lipinski definition) is 0. The number of sulfonamides is 1. The first-order chi connectivity index (χ1) is 12.3. The molecule has 0 spiro atoms.